The molecule has 1 aromatic carbocycles. The summed E-state index contributed by atoms with van der Waals surface area (Å²) in [7, 11) is 2.21. The van der Waals surface area contributed by atoms with Gasteiger partial charge in [-0.15, -0.1) is 0 Å². The number of urea groups is 1. The number of halogens is 3. The molecule has 0 unspecified atom stereocenters. The van der Waals surface area contributed by atoms with Crippen LogP contribution >= 0.6 is 0 Å². The number of hydrogen-bond donors (Lipinski definition) is 2. The maximum absolute atomic E-state index is 12.0. The largest absolute Gasteiger partial charge is 0.465 e. The number of alkyl halides is 3. The lowest BCUT2D eigenvalue weighted by atomic mass is 10.1. The van der Waals surface area contributed by atoms with Gasteiger partial charge in [0.1, 0.15) is 6.54 Å². The van der Waals surface area contributed by atoms with Gasteiger partial charge in [0.05, 0.1) is 25.3 Å². The standard InChI is InChI=1S/C13H13F3N2O5/c1-22-10(19)7-3-8(11(20)23-2)5-9(4-7)18-12(21)17-6-13(14,15)16/h3-5H,6H2,1-2H3,(H2,17,18,21). The molecule has 7 nitrogen and oxygen atoms in total. The first-order chi connectivity index (χ1) is 10.7. The van der Waals surface area contributed by atoms with Gasteiger partial charge in [0.25, 0.3) is 0 Å². The maximum atomic E-state index is 12.0. The van der Waals surface area contributed by atoms with Crippen LogP contribution < -0.4 is 10.6 Å². The molecule has 0 spiro atoms. The fourth-order valence-corrected chi connectivity index (χ4v) is 1.53. The Morgan fingerprint density at radius 1 is 1.00 bits per heavy atom. The molecule has 126 valence electrons. The second-order valence-electron chi connectivity index (χ2n) is 4.21. The summed E-state index contributed by atoms with van der Waals surface area (Å²) < 4.78 is 45.0. The Hall–Kier alpha value is -2.78. The number of amides is 2. The van der Waals surface area contributed by atoms with E-state index in [0.717, 1.165) is 32.4 Å². The average Bonchev–Trinajstić information content (AvgIpc) is 2.50. The second kappa shape index (κ2) is 7.47. The van der Waals surface area contributed by atoms with Gasteiger partial charge in [-0.05, 0) is 18.2 Å². The Morgan fingerprint density at radius 3 is 1.87 bits per heavy atom. The SMILES string of the molecule is COC(=O)c1cc(NC(=O)NCC(F)(F)F)cc(C(=O)OC)c1. The zero-order valence-electron chi connectivity index (χ0n) is 12.1. The third kappa shape index (κ3) is 5.85. The lowest BCUT2D eigenvalue weighted by Crippen LogP contribution is -2.36. The summed E-state index contributed by atoms with van der Waals surface area (Å²) >= 11 is 0. The van der Waals surface area contributed by atoms with Crippen molar-refractivity contribution in [3.63, 3.8) is 0 Å². The van der Waals surface area contributed by atoms with Gasteiger partial charge in [0.2, 0.25) is 0 Å². The first-order valence-corrected chi connectivity index (χ1v) is 6.09. The highest BCUT2D eigenvalue weighted by Crippen LogP contribution is 2.17. The number of hydrogen-bond acceptors (Lipinski definition) is 5. The number of anilines is 1. The van der Waals surface area contributed by atoms with Gasteiger partial charge in [0, 0.05) is 5.69 Å². The molecule has 0 atom stereocenters. The van der Waals surface area contributed by atoms with Crippen molar-refractivity contribution >= 4 is 23.7 Å². The molecular formula is C13H13F3N2O5. The van der Waals surface area contributed by atoms with Crippen LogP contribution in [-0.2, 0) is 9.47 Å². The molecule has 0 saturated carbocycles. The number of carbonyl (C=O) groups excluding carboxylic acids is 3. The number of benzene rings is 1. The zero-order valence-corrected chi connectivity index (χ0v) is 12.1. The van der Waals surface area contributed by atoms with Crippen LogP contribution in [0.2, 0.25) is 0 Å². The Balaban J connectivity index is 2.98. The highest BCUT2D eigenvalue weighted by molar-refractivity contribution is 5.99. The third-order valence-electron chi connectivity index (χ3n) is 2.48. The Kier molecular flexibility index (Phi) is 5.94. The van der Waals surface area contributed by atoms with Gasteiger partial charge in [-0.25, -0.2) is 14.4 Å². The van der Waals surface area contributed by atoms with Gasteiger partial charge in [0.15, 0.2) is 0 Å². The van der Waals surface area contributed by atoms with Crippen molar-refractivity contribution in [3.8, 4) is 0 Å². The van der Waals surface area contributed by atoms with Gasteiger partial charge in [-0.1, -0.05) is 0 Å². The molecule has 0 radical (unpaired) electrons. The molecule has 0 aliphatic rings. The monoisotopic (exact) mass is 334 g/mol. The molecule has 0 heterocycles. The molecule has 0 saturated heterocycles. The molecule has 2 amide bonds. The predicted molar refractivity (Wildman–Crippen MR) is 72.2 cm³/mol. The van der Waals surface area contributed by atoms with Crippen molar-refractivity contribution in [1.82, 2.24) is 5.32 Å². The summed E-state index contributed by atoms with van der Waals surface area (Å²) in [6.07, 6.45) is -4.57. The topological polar surface area (TPSA) is 93.7 Å². The maximum Gasteiger partial charge on any atom is 0.405 e. The summed E-state index contributed by atoms with van der Waals surface area (Å²) in [5, 5.41) is 3.68. The molecule has 2 N–H and O–H groups in total. The average molecular weight is 334 g/mol. The van der Waals surface area contributed by atoms with E-state index in [-0.39, 0.29) is 16.8 Å². The van der Waals surface area contributed by atoms with E-state index in [1.54, 1.807) is 5.32 Å². The molecule has 0 bridgehead atoms. The molecule has 10 heteroatoms. The number of ether oxygens (including phenoxy) is 2. The van der Waals surface area contributed by atoms with E-state index < -0.39 is 30.7 Å². The quantitative estimate of drug-likeness (QED) is 0.821. The van der Waals surface area contributed by atoms with Crippen LogP contribution in [0.25, 0.3) is 0 Å². The van der Waals surface area contributed by atoms with Crippen molar-refractivity contribution < 1.29 is 37.0 Å². The van der Waals surface area contributed by atoms with Gasteiger partial charge in [-0.3, -0.25) is 0 Å². The minimum Gasteiger partial charge on any atom is -0.465 e. The number of methoxy groups -OCH3 is 2. The molecule has 1 rings (SSSR count). The van der Waals surface area contributed by atoms with E-state index in [0.29, 0.717) is 0 Å². The lowest BCUT2D eigenvalue weighted by Gasteiger charge is -2.11. The van der Waals surface area contributed by atoms with Crippen LogP contribution in [-0.4, -0.2) is 44.9 Å². The van der Waals surface area contributed by atoms with Crippen LogP contribution in [0.1, 0.15) is 20.7 Å². The van der Waals surface area contributed by atoms with Crippen LogP contribution in [0.15, 0.2) is 18.2 Å². The van der Waals surface area contributed by atoms with E-state index in [4.69, 9.17) is 0 Å². The van der Waals surface area contributed by atoms with E-state index in [1.807, 2.05) is 0 Å². The van der Waals surface area contributed by atoms with Crippen LogP contribution in [0.4, 0.5) is 23.7 Å². The van der Waals surface area contributed by atoms with E-state index in [2.05, 4.69) is 14.8 Å². The first kappa shape index (κ1) is 18.3. The third-order valence-corrected chi connectivity index (χ3v) is 2.48. The van der Waals surface area contributed by atoms with E-state index in [9.17, 15) is 27.6 Å². The van der Waals surface area contributed by atoms with Crippen molar-refractivity contribution in [3.05, 3.63) is 29.3 Å². The molecule has 23 heavy (non-hydrogen) atoms. The molecule has 0 aliphatic carbocycles. The van der Waals surface area contributed by atoms with Crippen LogP contribution in [0.5, 0.6) is 0 Å². The summed E-state index contributed by atoms with van der Waals surface area (Å²) in [6.45, 7) is -1.53. The van der Waals surface area contributed by atoms with E-state index in [1.165, 1.54) is 0 Å². The zero-order chi connectivity index (χ0) is 17.6. The minimum atomic E-state index is -4.57. The van der Waals surface area contributed by atoms with E-state index >= 15 is 0 Å². The predicted octanol–water partition coefficient (Wildman–Crippen LogP) is 1.94. The summed E-state index contributed by atoms with van der Waals surface area (Å²) in [4.78, 5) is 34.4. The van der Waals surface area contributed by atoms with Gasteiger partial charge < -0.3 is 20.1 Å². The lowest BCUT2D eigenvalue weighted by molar-refractivity contribution is -0.122. The highest BCUT2D eigenvalue weighted by Gasteiger charge is 2.27. The number of esters is 2. The minimum absolute atomic E-state index is 0.0759. The summed E-state index contributed by atoms with van der Waals surface area (Å²) in [6, 6.07) is 2.30. The first-order valence-electron chi connectivity index (χ1n) is 6.09. The molecule has 1 aromatic rings. The Bertz CT molecular complexity index is 582. The highest BCUT2D eigenvalue weighted by atomic mass is 19.4. The van der Waals surface area contributed by atoms with Crippen molar-refractivity contribution in [1.29, 1.82) is 0 Å². The Labute approximate surface area is 128 Å². The summed E-state index contributed by atoms with van der Waals surface area (Å²) in [5.41, 5.74) is -0.240. The van der Waals surface area contributed by atoms with Crippen molar-refractivity contribution in [2.45, 2.75) is 6.18 Å². The molecule has 0 aliphatic heterocycles. The second-order valence-corrected chi connectivity index (χ2v) is 4.21. The number of carbonyl (C=O) groups is 3. The fourth-order valence-electron chi connectivity index (χ4n) is 1.53. The molecule has 0 fully saturated rings. The smallest absolute Gasteiger partial charge is 0.405 e. The van der Waals surface area contributed by atoms with Gasteiger partial charge in [-0.2, -0.15) is 13.2 Å². The molecule has 0 aromatic heterocycles. The van der Waals surface area contributed by atoms with Crippen LogP contribution in [0.3, 0.4) is 0 Å². The van der Waals surface area contributed by atoms with Crippen molar-refractivity contribution in [2.75, 3.05) is 26.1 Å². The van der Waals surface area contributed by atoms with Gasteiger partial charge >= 0.3 is 24.1 Å². The van der Waals surface area contributed by atoms with Crippen LogP contribution in [0, 0.1) is 0 Å². The fraction of sp³-hybridized carbons (Fsp3) is 0.308. The summed E-state index contributed by atoms with van der Waals surface area (Å²) in [5.74, 6) is -1.59. The number of rotatable bonds is 4. The normalized spacial score (nSPS) is 10.7. The Morgan fingerprint density at radius 2 is 1.48 bits per heavy atom. The van der Waals surface area contributed by atoms with Crippen molar-refractivity contribution in [2.24, 2.45) is 0 Å². The molecular weight excluding hydrogens is 321 g/mol. The number of nitrogens with one attached hydrogen (secondary N) is 2.